The van der Waals surface area contributed by atoms with Crippen LogP contribution in [0.5, 0.6) is 0 Å². The molecular formula is C16H22N4O. The summed E-state index contributed by atoms with van der Waals surface area (Å²) in [7, 11) is 0. The highest BCUT2D eigenvalue weighted by atomic mass is 16.3. The Morgan fingerprint density at radius 1 is 1.29 bits per heavy atom. The maximum absolute atomic E-state index is 10.3. The normalized spacial score (nSPS) is 17.8. The second-order valence-electron chi connectivity index (χ2n) is 5.83. The van der Waals surface area contributed by atoms with Crippen LogP contribution in [-0.2, 0) is 6.42 Å². The van der Waals surface area contributed by atoms with Gasteiger partial charge in [-0.05, 0) is 31.9 Å². The molecule has 0 saturated heterocycles. The smallest absolute Gasteiger partial charge is 0.125 e. The molecule has 1 atom stereocenters. The average Bonchev–Trinajstić information content (AvgIpc) is 2.97. The van der Waals surface area contributed by atoms with Crippen molar-refractivity contribution in [3.63, 3.8) is 0 Å². The van der Waals surface area contributed by atoms with Crippen LogP contribution >= 0.6 is 0 Å². The standard InChI is InChI=1S/C16H22N4O/c1-12-17-9-7-15(18-12)16(21)11-13-8-10-20(19-13)14-5-3-2-4-6-14/h7-10,14,16,21H,2-6,11H2,1H3. The highest BCUT2D eigenvalue weighted by Crippen LogP contribution is 2.27. The maximum atomic E-state index is 10.3. The highest BCUT2D eigenvalue weighted by molar-refractivity contribution is 5.10. The van der Waals surface area contributed by atoms with Gasteiger partial charge in [-0.15, -0.1) is 0 Å². The molecule has 1 N–H and O–H groups in total. The molecule has 1 unspecified atom stereocenters. The van der Waals surface area contributed by atoms with Gasteiger partial charge < -0.3 is 5.11 Å². The summed E-state index contributed by atoms with van der Waals surface area (Å²) in [4.78, 5) is 8.32. The molecule has 1 fully saturated rings. The Morgan fingerprint density at radius 3 is 2.86 bits per heavy atom. The van der Waals surface area contributed by atoms with Crippen LogP contribution in [0, 0.1) is 6.92 Å². The molecule has 2 aromatic rings. The van der Waals surface area contributed by atoms with Crippen molar-refractivity contribution in [2.45, 2.75) is 57.6 Å². The number of aromatic nitrogens is 4. The van der Waals surface area contributed by atoms with Gasteiger partial charge in [0.1, 0.15) is 11.9 Å². The lowest BCUT2D eigenvalue weighted by atomic mass is 9.96. The Hall–Kier alpha value is -1.75. The number of hydrogen-bond acceptors (Lipinski definition) is 4. The van der Waals surface area contributed by atoms with Crippen LogP contribution < -0.4 is 0 Å². The van der Waals surface area contributed by atoms with Crippen LogP contribution in [0.2, 0.25) is 0 Å². The summed E-state index contributed by atoms with van der Waals surface area (Å²) in [6.07, 6.45) is 9.97. The molecule has 2 heterocycles. The van der Waals surface area contributed by atoms with Crippen molar-refractivity contribution in [1.29, 1.82) is 0 Å². The summed E-state index contributed by atoms with van der Waals surface area (Å²) in [6, 6.07) is 4.30. The summed E-state index contributed by atoms with van der Waals surface area (Å²) in [5, 5.41) is 14.9. The van der Waals surface area contributed by atoms with Crippen LogP contribution in [0.25, 0.3) is 0 Å². The molecule has 1 aliphatic carbocycles. The fourth-order valence-electron chi connectivity index (χ4n) is 3.00. The molecule has 1 saturated carbocycles. The van der Waals surface area contributed by atoms with Gasteiger partial charge in [0.15, 0.2) is 0 Å². The van der Waals surface area contributed by atoms with Crippen molar-refractivity contribution in [3.05, 3.63) is 41.7 Å². The van der Waals surface area contributed by atoms with E-state index in [1.807, 2.05) is 19.2 Å². The third-order valence-electron chi connectivity index (χ3n) is 4.15. The van der Waals surface area contributed by atoms with Gasteiger partial charge in [-0.2, -0.15) is 5.10 Å². The average molecular weight is 286 g/mol. The molecular weight excluding hydrogens is 264 g/mol. The van der Waals surface area contributed by atoms with E-state index < -0.39 is 6.10 Å². The number of aryl methyl sites for hydroxylation is 1. The SMILES string of the molecule is Cc1nccc(C(O)Cc2ccn(C3CCCCC3)n2)n1. The van der Waals surface area contributed by atoms with Gasteiger partial charge in [-0.1, -0.05) is 19.3 Å². The third kappa shape index (κ3) is 3.47. The van der Waals surface area contributed by atoms with E-state index >= 15 is 0 Å². The minimum absolute atomic E-state index is 0.496. The highest BCUT2D eigenvalue weighted by Gasteiger charge is 2.17. The number of aliphatic hydroxyl groups excluding tert-OH is 1. The molecule has 0 spiro atoms. The zero-order valence-corrected chi connectivity index (χ0v) is 12.4. The minimum atomic E-state index is -0.624. The van der Waals surface area contributed by atoms with E-state index in [9.17, 15) is 5.11 Å². The number of hydrogen-bond donors (Lipinski definition) is 1. The summed E-state index contributed by atoms with van der Waals surface area (Å²) >= 11 is 0. The van der Waals surface area contributed by atoms with E-state index in [0.717, 1.165) is 5.69 Å². The summed E-state index contributed by atoms with van der Waals surface area (Å²) in [5.74, 6) is 0.680. The van der Waals surface area contributed by atoms with Crippen molar-refractivity contribution in [1.82, 2.24) is 19.7 Å². The lowest BCUT2D eigenvalue weighted by molar-refractivity contribution is 0.171. The van der Waals surface area contributed by atoms with Gasteiger partial charge in [-0.3, -0.25) is 4.68 Å². The van der Waals surface area contributed by atoms with Gasteiger partial charge in [-0.25, -0.2) is 9.97 Å². The third-order valence-corrected chi connectivity index (χ3v) is 4.15. The van der Waals surface area contributed by atoms with E-state index in [-0.39, 0.29) is 0 Å². The number of aliphatic hydroxyl groups is 1. The Bertz CT molecular complexity index is 589. The predicted molar refractivity (Wildman–Crippen MR) is 79.8 cm³/mol. The second kappa shape index (κ2) is 6.35. The van der Waals surface area contributed by atoms with Crippen LogP contribution in [0.15, 0.2) is 24.5 Å². The van der Waals surface area contributed by atoms with E-state index in [0.29, 0.717) is 24.0 Å². The second-order valence-corrected chi connectivity index (χ2v) is 5.83. The quantitative estimate of drug-likeness (QED) is 0.938. The maximum Gasteiger partial charge on any atom is 0.125 e. The zero-order valence-electron chi connectivity index (χ0n) is 12.4. The largest absolute Gasteiger partial charge is 0.386 e. The molecule has 5 nitrogen and oxygen atoms in total. The zero-order chi connectivity index (χ0) is 14.7. The lowest BCUT2D eigenvalue weighted by Crippen LogP contribution is -2.14. The predicted octanol–water partition coefficient (Wildman–Crippen LogP) is 2.76. The minimum Gasteiger partial charge on any atom is -0.386 e. The Kier molecular flexibility index (Phi) is 4.29. The van der Waals surface area contributed by atoms with Gasteiger partial charge in [0.25, 0.3) is 0 Å². The lowest BCUT2D eigenvalue weighted by Gasteiger charge is -2.21. The molecule has 1 aliphatic rings. The molecule has 0 bridgehead atoms. The van der Waals surface area contributed by atoms with Gasteiger partial charge in [0.2, 0.25) is 0 Å². The Labute approximate surface area is 125 Å². The van der Waals surface area contributed by atoms with Crippen LogP contribution in [0.3, 0.4) is 0 Å². The molecule has 0 radical (unpaired) electrons. The summed E-state index contributed by atoms with van der Waals surface area (Å²) < 4.78 is 2.08. The monoisotopic (exact) mass is 286 g/mol. The van der Waals surface area contributed by atoms with E-state index in [1.165, 1.54) is 32.1 Å². The van der Waals surface area contributed by atoms with Crippen LogP contribution in [0.4, 0.5) is 0 Å². The first-order valence-electron chi connectivity index (χ1n) is 7.74. The molecule has 112 valence electrons. The van der Waals surface area contributed by atoms with E-state index in [4.69, 9.17) is 0 Å². The summed E-state index contributed by atoms with van der Waals surface area (Å²) in [6.45, 7) is 1.83. The molecule has 0 aromatic carbocycles. The first kappa shape index (κ1) is 14.2. The number of rotatable bonds is 4. The van der Waals surface area contributed by atoms with Crippen molar-refractivity contribution in [2.24, 2.45) is 0 Å². The molecule has 21 heavy (non-hydrogen) atoms. The van der Waals surface area contributed by atoms with Gasteiger partial charge in [0.05, 0.1) is 17.4 Å². The fraction of sp³-hybridized carbons (Fsp3) is 0.562. The van der Waals surface area contributed by atoms with Crippen molar-refractivity contribution >= 4 is 0 Å². The van der Waals surface area contributed by atoms with Crippen LogP contribution in [0.1, 0.15) is 61.5 Å². The molecule has 5 heteroatoms. The van der Waals surface area contributed by atoms with Crippen LogP contribution in [-0.4, -0.2) is 24.9 Å². The first-order valence-corrected chi connectivity index (χ1v) is 7.74. The van der Waals surface area contributed by atoms with Crippen molar-refractivity contribution in [2.75, 3.05) is 0 Å². The molecule has 2 aromatic heterocycles. The summed E-state index contributed by atoms with van der Waals surface area (Å²) in [5.41, 5.74) is 1.58. The topological polar surface area (TPSA) is 63.8 Å². The van der Waals surface area contributed by atoms with Crippen molar-refractivity contribution < 1.29 is 5.11 Å². The van der Waals surface area contributed by atoms with E-state index in [1.54, 1.807) is 12.3 Å². The first-order chi connectivity index (χ1) is 10.2. The van der Waals surface area contributed by atoms with E-state index in [2.05, 4.69) is 19.7 Å². The van der Waals surface area contributed by atoms with Gasteiger partial charge >= 0.3 is 0 Å². The number of nitrogens with zero attached hydrogens (tertiary/aromatic N) is 4. The Morgan fingerprint density at radius 2 is 2.10 bits per heavy atom. The molecule has 0 aliphatic heterocycles. The molecule has 0 amide bonds. The molecule has 3 rings (SSSR count). The Balaban J connectivity index is 1.66. The van der Waals surface area contributed by atoms with Crippen molar-refractivity contribution in [3.8, 4) is 0 Å². The fourth-order valence-corrected chi connectivity index (χ4v) is 3.00. The van der Waals surface area contributed by atoms with Gasteiger partial charge in [0, 0.05) is 18.8 Å².